The highest BCUT2D eigenvalue weighted by atomic mass is 35.5. The topological polar surface area (TPSA) is 55.1 Å². The van der Waals surface area contributed by atoms with Crippen LogP contribution in [0, 0.1) is 5.41 Å². The Labute approximate surface area is 120 Å². The van der Waals surface area contributed by atoms with Crippen LogP contribution in [0.2, 0.25) is 5.02 Å². The summed E-state index contributed by atoms with van der Waals surface area (Å²) in [6, 6.07) is 2.91. The second kappa shape index (κ2) is 6.01. The second-order valence-corrected chi connectivity index (χ2v) is 5.24. The lowest BCUT2D eigenvalue weighted by Crippen LogP contribution is -2.39. The van der Waals surface area contributed by atoms with Crippen LogP contribution in [0.3, 0.4) is 0 Å². The fourth-order valence-electron chi connectivity index (χ4n) is 1.51. The number of carbonyl (C=O) groups excluding carboxylic acids is 1. The molecule has 0 fully saturated rings. The fraction of sp³-hybridized carbons (Fsp3) is 0.462. The number of hydrogen-bond acceptors (Lipinski definition) is 2. The van der Waals surface area contributed by atoms with E-state index in [1.807, 2.05) is 0 Å². The summed E-state index contributed by atoms with van der Waals surface area (Å²) in [5.74, 6) is -0.433. The van der Waals surface area contributed by atoms with Crippen LogP contribution in [0.4, 0.5) is 18.9 Å². The van der Waals surface area contributed by atoms with Gasteiger partial charge in [0.2, 0.25) is 5.91 Å². The molecule has 1 amide bonds. The highest BCUT2D eigenvalue weighted by molar-refractivity contribution is 6.31. The van der Waals surface area contributed by atoms with E-state index in [2.05, 4.69) is 5.32 Å². The maximum atomic E-state index is 12.7. The zero-order chi connectivity index (χ0) is 15.6. The minimum atomic E-state index is -4.52. The number of nitrogens with two attached hydrogens (primary N) is 1. The number of halogens is 4. The van der Waals surface area contributed by atoms with Gasteiger partial charge in [0, 0.05) is 17.3 Å². The molecule has 1 rings (SSSR count). The van der Waals surface area contributed by atoms with Crippen molar-refractivity contribution < 1.29 is 18.0 Å². The standard InChI is InChI=1S/C13H16ClF3N2O/c1-3-12(2,7-18)11(20)19-10-5-8(13(15,16)17)4-9(14)6-10/h4-6H,3,7,18H2,1-2H3,(H,19,20). The van der Waals surface area contributed by atoms with Crippen LogP contribution < -0.4 is 11.1 Å². The number of carbonyl (C=O) groups is 1. The van der Waals surface area contributed by atoms with Crippen LogP contribution in [-0.2, 0) is 11.0 Å². The molecule has 1 aromatic carbocycles. The Morgan fingerprint density at radius 3 is 2.40 bits per heavy atom. The number of anilines is 1. The van der Waals surface area contributed by atoms with Gasteiger partial charge in [-0.25, -0.2) is 0 Å². The van der Waals surface area contributed by atoms with E-state index in [1.54, 1.807) is 13.8 Å². The fourth-order valence-corrected chi connectivity index (χ4v) is 1.74. The van der Waals surface area contributed by atoms with E-state index in [0.29, 0.717) is 6.42 Å². The predicted octanol–water partition coefficient (Wildman–Crippen LogP) is 3.67. The van der Waals surface area contributed by atoms with Crippen molar-refractivity contribution in [2.24, 2.45) is 11.1 Å². The first-order valence-corrected chi connectivity index (χ1v) is 6.39. The van der Waals surface area contributed by atoms with Gasteiger partial charge in [-0.2, -0.15) is 13.2 Å². The number of hydrogen-bond donors (Lipinski definition) is 2. The van der Waals surface area contributed by atoms with Gasteiger partial charge in [-0.1, -0.05) is 18.5 Å². The van der Waals surface area contributed by atoms with Gasteiger partial charge in [-0.3, -0.25) is 4.79 Å². The zero-order valence-electron chi connectivity index (χ0n) is 11.1. The third-order valence-electron chi connectivity index (χ3n) is 3.26. The van der Waals surface area contributed by atoms with Crippen molar-refractivity contribution in [3.8, 4) is 0 Å². The average molecular weight is 309 g/mol. The molecule has 20 heavy (non-hydrogen) atoms. The van der Waals surface area contributed by atoms with Gasteiger partial charge < -0.3 is 11.1 Å². The lowest BCUT2D eigenvalue weighted by Gasteiger charge is -2.25. The highest BCUT2D eigenvalue weighted by Crippen LogP contribution is 2.33. The molecule has 0 saturated carbocycles. The maximum absolute atomic E-state index is 12.7. The third-order valence-corrected chi connectivity index (χ3v) is 3.48. The summed E-state index contributed by atoms with van der Waals surface area (Å²) in [5.41, 5.74) is 3.79. The van der Waals surface area contributed by atoms with Gasteiger partial charge in [-0.15, -0.1) is 0 Å². The van der Waals surface area contributed by atoms with E-state index in [1.165, 1.54) is 6.07 Å². The van der Waals surface area contributed by atoms with Crippen molar-refractivity contribution in [3.63, 3.8) is 0 Å². The highest BCUT2D eigenvalue weighted by Gasteiger charge is 2.33. The molecule has 0 aromatic heterocycles. The minimum Gasteiger partial charge on any atom is -0.329 e. The smallest absolute Gasteiger partial charge is 0.329 e. The van der Waals surface area contributed by atoms with Gasteiger partial charge in [0.1, 0.15) is 0 Å². The molecule has 1 atom stereocenters. The van der Waals surface area contributed by atoms with Crippen LogP contribution in [0.15, 0.2) is 18.2 Å². The number of rotatable bonds is 4. The normalized spacial score (nSPS) is 14.8. The van der Waals surface area contributed by atoms with Gasteiger partial charge in [0.25, 0.3) is 0 Å². The van der Waals surface area contributed by atoms with E-state index in [9.17, 15) is 18.0 Å². The number of alkyl halides is 3. The van der Waals surface area contributed by atoms with Crippen LogP contribution in [0.1, 0.15) is 25.8 Å². The summed E-state index contributed by atoms with van der Waals surface area (Å²) < 4.78 is 38.0. The van der Waals surface area contributed by atoms with Gasteiger partial charge in [0.15, 0.2) is 0 Å². The molecule has 3 nitrogen and oxygen atoms in total. The largest absolute Gasteiger partial charge is 0.416 e. The molecule has 0 aliphatic heterocycles. The van der Waals surface area contributed by atoms with Crippen molar-refractivity contribution in [3.05, 3.63) is 28.8 Å². The molecule has 7 heteroatoms. The second-order valence-electron chi connectivity index (χ2n) is 4.80. The number of nitrogens with one attached hydrogen (secondary N) is 1. The molecular formula is C13H16ClF3N2O. The maximum Gasteiger partial charge on any atom is 0.416 e. The molecule has 0 radical (unpaired) electrons. The van der Waals surface area contributed by atoms with Crippen molar-refractivity contribution >= 4 is 23.2 Å². The molecule has 112 valence electrons. The van der Waals surface area contributed by atoms with Crippen LogP contribution in [0.5, 0.6) is 0 Å². The van der Waals surface area contributed by atoms with Crippen molar-refractivity contribution in [1.82, 2.24) is 0 Å². The van der Waals surface area contributed by atoms with Crippen LogP contribution in [-0.4, -0.2) is 12.5 Å². The Bertz CT molecular complexity index is 499. The first kappa shape index (κ1) is 16.8. The van der Waals surface area contributed by atoms with Gasteiger partial charge in [-0.05, 0) is 31.5 Å². The van der Waals surface area contributed by atoms with Crippen molar-refractivity contribution in [1.29, 1.82) is 0 Å². The summed E-state index contributed by atoms with van der Waals surface area (Å²) in [7, 11) is 0. The van der Waals surface area contributed by atoms with Crippen molar-refractivity contribution in [2.45, 2.75) is 26.4 Å². The molecule has 1 aromatic rings. The predicted molar refractivity (Wildman–Crippen MR) is 72.5 cm³/mol. The third kappa shape index (κ3) is 3.86. The molecule has 0 spiro atoms. The first-order valence-electron chi connectivity index (χ1n) is 6.01. The Kier molecular flexibility index (Phi) is 5.05. The van der Waals surface area contributed by atoms with Gasteiger partial charge >= 0.3 is 6.18 Å². The molecule has 3 N–H and O–H groups in total. The quantitative estimate of drug-likeness (QED) is 0.891. The van der Waals surface area contributed by atoms with E-state index < -0.39 is 23.1 Å². The van der Waals surface area contributed by atoms with Crippen LogP contribution in [0.25, 0.3) is 0 Å². The Balaban J connectivity index is 3.05. The van der Waals surface area contributed by atoms with Crippen LogP contribution >= 0.6 is 11.6 Å². The van der Waals surface area contributed by atoms with E-state index >= 15 is 0 Å². The summed E-state index contributed by atoms with van der Waals surface area (Å²) in [6.07, 6.45) is -4.05. The molecule has 0 aliphatic rings. The Morgan fingerprint density at radius 1 is 1.35 bits per heavy atom. The van der Waals surface area contributed by atoms with E-state index in [4.69, 9.17) is 17.3 Å². The Morgan fingerprint density at radius 2 is 1.95 bits per heavy atom. The molecule has 0 heterocycles. The SMILES string of the molecule is CCC(C)(CN)C(=O)Nc1cc(Cl)cc(C(F)(F)F)c1. The molecule has 1 unspecified atom stereocenters. The molecule has 0 bridgehead atoms. The minimum absolute atomic E-state index is 0.00273. The van der Waals surface area contributed by atoms with Gasteiger partial charge in [0.05, 0.1) is 11.0 Å². The Hall–Kier alpha value is -1.27. The molecule has 0 aliphatic carbocycles. The number of benzene rings is 1. The first-order chi connectivity index (χ1) is 9.12. The molecular weight excluding hydrogens is 293 g/mol. The summed E-state index contributed by atoms with van der Waals surface area (Å²) >= 11 is 5.65. The monoisotopic (exact) mass is 308 g/mol. The summed E-state index contributed by atoms with van der Waals surface area (Å²) in [6.45, 7) is 3.53. The average Bonchev–Trinajstić information content (AvgIpc) is 2.36. The number of amides is 1. The molecule has 0 saturated heterocycles. The summed E-state index contributed by atoms with van der Waals surface area (Å²) in [5, 5.41) is 2.34. The van der Waals surface area contributed by atoms with E-state index in [-0.39, 0.29) is 17.3 Å². The van der Waals surface area contributed by atoms with Crippen molar-refractivity contribution in [2.75, 3.05) is 11.9 Å². The lowest BCUT2D eigenvalue weighted by atomic mass is 9.86. The zero-order valence-corrected chi connectivity index (χ0v) is 11.9. The van der Waals surface area contributed by atoms with E-state index in [0.717, 1.165) is 12.1 Å². The summed E-state index contributed by atoms with van der Waals surface area (Å²) in [4.78, 5) is 12.1. The lowest BCUT2D eigenvalue weighted by molar-refractivity contribution is -0.137.